The molecule has 0 aliphatic carbocycles. The topological polar surface area (TPSA) is 283 Å². The molecular formula is C26H33N9O10S2. The lowest BCUT2D eigenvalue weighted by Crippen LogP contribution is -2.76. The van der Waals surface area contributed by atoms with E-state index in [-0.39, 0.29) is 36.2 Å². The van der Waals surface area contributed by atoms with E-state index in [1.54, 1.807) is 24.3 Å². The molecule has 5 rings (SSSR count). The van der Waals surface area contributed by atoms with Gasteiger partial charge >= 0.3 is 10.4 Å². The van der Waals surface area contributed by atoms with E-state index in [0.29, 0.717) is 33.8 Å². The van der Waals surface area contributed by atoms with Crippen molar-refractivity contribution in [3.63, 3.8) is 0 Å². The number of nitrogen functional groups attached to an aromatic ring is 2. The maximum absolute atomic E-state index is 13.1. The second-order valence-electron chi connectivity index (χ2n) is 10.7. The van der Waals surface area contributed by atoms with Crippen LogP contribution in [0.5, 0.6) is 5.75 Å². The number of carbonyl (C=O) groups is 3. The van der Waals surface area contributed by atoms with E-state index in [4.69, 9.17) is 35.5 Å². The largest absolute Gasteiger partial charge is 0.490 e. The van der Waals surface area contributed by atoms with Gasteiger partial charge in [0, 0.05) is 48.1 Å². The lowest BCUT2D eigenvalue weighted by molar-refractivity contribution is -0.218. The Morgan fingerprint density at radius 3 is 2.57 bits per heavy atom. The van der Waals surface area contributed by atoms with E-state index < -0.39 is 33.8 Å². The molecule has 254 valence electrons. The molecule has 21 heteroatoms. The van der Waals surface area contributed by atoms with Crippen LogP contribution in [0.1, 0.15) is 19.5 Å². The molecular weight excluding hydrogens is 662 g/mol. The highest BCUT2D eigenvalue weighted by molar-refractivity contribution is 7.80. The van der Waals surface area contributed by atoms with Gasteiger partial charge in [0.15, 0.2) is 17.5 Å². The standard InChI is InChI=1S/C25H31N9O8S2.CH2O2/c1-25(2)21(23(36)34(25)42-44(37,38)39)32-22(35)20(18-12-43-24(27)31-18)33-41-6-5-40-14-3-4-17-15(7-14)16(26)8-19(30-17)29-11-13-9-28-10-13;2-1-3/h3-4,7-8,12-13,21,28H,5-6,9-11H2,1-2H3,(H2,27,31)(H,32,35)(H3,26,29,30)(H,37,38,39);1H,(H,2,3)/b33-20-;/t21-;/m1./s1. The average Bonchev–Trinajstić information content (AvgIpc) is 3.41. The molecule has 4 heterocycles. The fourth-order valence-electron chi connectivity index (χ4n) is 4.48. The number of hydroxylamine groups is 2. The van der Waals surface area contributed by atoms with Crippen LogP contribution in [-0.4, -0.2) is 102 Å². The van der Waals surface area contributed by atoms with Gasteiger partial charge in [-0.05, 0) is 32.0 Å². The first-order valence-corrected chi connectivity index (χ1v) is 16.1. The van der Waals surface area contributed by atoms with Crippen LogP contribution in [0, 0.1) is 5.92 Å². The first-order chi connectivity index (χ1) is 22.2. The van der Waals surface area contributed by atoms with E-state index >= 15 is 0 Å². The second-order valence-corrected chi connectivity index (χ2v) is 12.6. The number of carboxylic acid groups (broad SMARTS) is 1. The minimum atomic E-state index is -4.95. The third-order valence-electron chi connectivity index (χ3n) is 6.95. The maximum Gasteiger partial charge on any atom is 0.418 e. The van der Waals surface area contributed by atoms with Crippen LogP contribution < -0.4 is 32.2 Å². The van der Waals surface area contributed by atoms with Crippen LogP contribution in [0.15, 0.2) is 34.8 Å². The molecule has 1 atom stereocenters. The molecule has 0 saturated carbocycles. The molecule has 19 nitrogen and oxygen atoms in total. The number of thiazole rings is 1. The van der Waals surface area contributed by atoms with Crippen molar-refractivity contribution in [2.24, 2.45) is 11.1 Å². The van der Waals surface area contributed by atoms with Crippen LogP contribution >= 0.6 is 11.3 Å². The number of fused-ring (bicyclic) bond motifs is 1. The smallest absolute Gasteiger partial charge is 0.418 e. The highest BCUT2D eigenvalue weighted by atomic mass is 32.3. The molecule has 47 heavy (non-hydrogen) atoms. The fourth-order valence-corrected chi connectivity index (χ4v) is 5.48. The number of β-lactam (4-membered cyclic amide) rings is 1. The van der Waals surface area contributed by atoms with E-state index in [2.05, 4.69) is 35.4 Å². The molecule has 0 bridgehead atoms. The normalized spacial score (nSPS) is 17.5. The number of nitrogens with two attached hydrogens (primary N) is 2. The minimum absolute atomic E-state index is 0.0571. The monoisotopic (exact) mass is 695 g/mol. The van der Waals surface area contributed by atoms with E-state index in [9.17, 15) is 18.0 Å². The quantitative estimate of drug-likeness (QED) is 0.0305. The lowest BCUT2D eigenvalue weighted by Gasteiger charge is -2.50. The predicted molar refractivity (Wildman–Crippen MR) is 170 cm³/mol. The zero-order valence-electron chi connectivity index (χ0n) is 25.1. The summed E-state index contributed by atoms with van der Waals surface area (Å²) >= 11 is 1.06. The number of benzene rings is 1. The van der Waals surface area contributed by atoms with Gasteiger partial charge in [-0.3, -0.25) is 18.9 Å². The molecule has 2 fully saturated rings. The Balaban J connectivity index is 0.00000160. The summed E-state index contributed by atoms with van der Waals surface area (Å²) in [5, 5.41) is 22.6. The van der Waals surface area contributed by atoms with Crippen LogP contribution in [0.25, 0.3) is 10.9 Å². The number of nitrogens with zero attached hydrogens (tertiary/aromatic N) is 4. The van der Waals surface area contributed by atoms with Gasteiger partial charge in [-0.15, -0.1) is 15.6 Å². The number of oxime groups is 1. The second kappa shape index (κ2) is 14.7. The van der Waals surface area contributed by atoms with Gasteiger partial charge in [-0.25, -0.2) is 9.97 Å². The third kappa shape index (κ3) is 8.71. The van der Waals surface area contributed by atoms with Gasteiger partial charge in [0.1, 0.15) is 29.9 Å². The summed E-state index contributed by atoms with van der Waals surface area (Å²) in [4.78, 5) is 47.9. The highest BCUT2D eigenvalue weighted by Crippen LogP contribution is 2.33. The van der Waals surface area contributed by atoms with Crippen molar-refractivity contribution in [3.05, 3.63) is 35.3 Å². The van der Waals surface area contributed by atoms with Gasteiger partial charge in [-0.1, -0.05) is 5.16 Å². The first kappa shape index (κ1) is 35.0. The fraction of sp³-hybridized carbons (Fsp3) is 0.385. The summed E-state index contributed by atoms with van der Waals surface area (Å²) in [6, 6.07) is 5.90. The average molecular weight is 696 g/mol. The number of ether oxygens (including phenoxy) is 1. The Bertz CT molecular complexity index is 1760. The zero-order chi connectivity index (χ0) is 34.4. The number of carbonyl (C=O) groups excluding carboxylic acids is 2. The maximum atomic E-state index is 13.1. The zero-order valence-corrected chi connectivity index (χ0v) is 26.7. The highest BCUT2D eigenvalue weighted by Gasteiger charge is 2.58. The summed E-state index contributed by atoms with van der Waals surface area (Å²) < 4.78 is 41.1. The number of anilines is 3. The molecule has 9 N–H and O–H groups in total. The summed E-state index contributed by atoms with van der Waals surface area (Å²) in [6.07, 6.45) is 0. The Labute approximate surface area is 272 Å². The lowest BCUT2D eigenvalue weighted by atomic mass is 9.84. The van der Waals surface area contributed by atoms with Crippen LogP contribution in [0.2, 0.25) is 0 Å². The van der Waals surface area contributed by atoms with Crippen molar-refractivity contribution in [3.8, 4) is 5.75 Å². The molecule has 1 aromatic carbocycles. The molecule has 2 aromatic heterocycles. The minimum Gasteiger partial charge on any atom is -0.490 e. The molecule has 3 aromatic rings. The van der Waals surface area contributed by atoms with Gasteiger partial charge in [0.25, 0.3) is 18.3 Å². The molecule has 0 spiro atoms. The molecule has 0 unspecified atom stereocenters. The number of hydrogen-bond donors (Lipinski definition) is 7. The Hall–Kier alpha value is -4.83. The van der Waals surface area contributed by atoms with E-state index in [1.807, 2.05) is 0 Å². The van der Waals surface area contributed by atoms with Gasteiger partial charge in [0.05, 0.1) is 11.1 Å². The Morgan fingerprint density at radius 2 is 1.98 bits per heavy atom. The van der Waals surface area contributed by atoms with Crippen molar-refractivity contribution < 1.29 is 46.3 Å². The van der Waals surface area contributed by atoms with Gasteiger partial charge in [-0.2, -0.15) is 13.5 Å². The SMILES string of the molecule is CC1(C)[C@H](NC(=O)/C(=N\OCCOc2ccc3nc(NCC4CNC4)cc(N)c3c2)c2csc(N)n2)C(=O)N1OS(=O)(=O)O.O=CO. The van der Waals surface area contributed by atoms with Crippen LogP contribution in [0.3, 0.4) is 0 Å². The van der Waals surface area contributed by atoms with Crippen molar-refractivity contribution in [1.29, 1.82) is 0 Å². The predicted octanol–water partition coefficient (Wildman–Crippen LogP) is -0.172. The van der Waals surface area contributed by atoms with Crippen molar-refractivity contribution in [2.45, 2.75) is 25.4 Å². The van der Waals surface area contributed by atoms with Crippen LogP contribution in [0.4, 0.5) is 16.6 Å². The van der Waals surface area contributed by atoms with E-state index in [0.717, 1.165) is 36.4 Å². The summed E-state index contributed by atoms with van der Waals surface area (Å²) in [7, 11) is -4.95. The number of hydrogen-bond acceptors (Lipinski definition) is 16. The third-order valence-corrected chi connectivity index (χ3v) is 7.96. The molecule has 2 saturated heterocycles. The van der Waals surface area contributed by atoms with Crippen molar-refractivity contribution >= 4 is 73.3 Å². The number of pyridine rings is 1. The number of nitrogens with one attached hydrogen (secondary N) is 3. The summed E-state index contributed by atoms with van der Waals surface area (Å²) in [5.74, 6) is 0.0501. The Kier molecular flexibility index (Phi) is 11.0. The van der Waals surface area contributed by atoms with Crippen molar-refractivity contribution in [1.82, 2.24) is 25.7 Å². The number of amides is 2. The van der Waals surface area contributed by atoms with Crippen molar-refractivity contribution in [2.75, 3.05) is 49.6 Å². The summed E-state index contributed by atoms with van der Waals surface area (Å²) in [5.41, 5.74) is 11.7. The summed E-state index contributed by atoms with van der Waals surface area (Å²) in [6.45, 7) is 5.38. The van der Waals surface area contributed by atoms with Gasteiger partial charge in [0.2, 0.25) is 0 Å². The number of rotatable bonds is 13. The molecule has 2 aliphatic heterocycles. The molecule has 2 amide bonds. The number of aromatic nitrogens is 2. The molecule has 2 aliphatic rings. The van der Waals surface area contributed by atoms with Gasteiger partial charge < -0.3 is 42.1 Å². The molecule has 0 radical (unpaired) electrons. The Morgan fingerprint density at radius 1 is 1.26 bits per heavy atom. The first-order valence-electron chi connectivity index (χ1n) is 13.8. The van der Waals surface area contributed by atoms with E-state index in [1.165, 1.54) is 19.2 Å². The van der Waals surface area contributed by atoms with Crippen LogP contribution in [-0.2, 0) is 33.9 Å².